The summed E-state index contributed by atoms with van der Waals surface area (Å²) in [6.07, 6.45) is 1.01. The molecule has 7 nitrogen and oxygen atoms in total. The Morgan fingerprint density at radius 1 is 0.971 bits per heavy atom. The van der Waals surface area contributed by atoms with Gasteiger partial charge in [-0.2, -0.15) is 0 Å². The maximum atomic E-state index is 14.6. The number of carbonyl (C=O) groups is 3. The van der Waals surface area contributed by atoms with E-state index in [9.17, 15) is 18.8 Å². The smallest absolute Gasteiger partial charge is 0.407 e. The molecular weight excluding hydrogens is 451 g/mol. The highest BCUT2D eigenvalue weighted by Gasteiger charge is 2.26. The van der Waals surface area contributed by atoms with Gasteiger partial charge in [-0.3, -0.25) is 4.79 Å². The summed E-state index contributed by atoms with van der Waals surface area (Å²) in [6.45, 7) is 3.46. The highest BCUT2D eigenvalue weighted by Crippen LogP contribution is 2.17. The van der Waals surface area contributed by atoms with Gasteiger partial charge in [0.1, 0.15) is 18.5 Å². The van der Waals surface area contributed by atoms with E-state index >= 15 is 0 Å². The van der Waals surface area contributed by atoms with Crippen molar-refractivity contribution in [3.63, 3.8) is 0 Å². The van der Waals surface area contributed by atoms with Crippen molar-refractivity contribution in [2.24, 2.45) is 11.8 Å². The zero-order valence-corrected chi connectivity index (χ0v) is 20.3. The fraction of sp³-hybridized carbons (Fsp3) is 0.370. The maximum absolute atomic E-state index is 14.6. The maximum Gasteiger partial charge on any atom is 0.407 e. The van der Waals surface area contributed by atoms with Gasteiger partial charge in [0.05, 0.1) is 19.6 Å². The molecule has 0 aliphatic rings. The Morgan fingerprint density at radius 2 is 1.57 bits per heavy atom. The van der Waals surface area contributed by atoms with Crippen LogP contribution >= 0.6 is 0 Å². The summed E-state index contributed by atoms with van der Waals surface area (Å²) >= 11 is 0. The van der Waals surface area contributed by atoms with Crippen LogP contribution in [0.3, 0.4) is 0 Å². The molecule has 2 N–H and O–H groups in total. The quantitative estimate of drug-likeness (QED) is 0.438. The van der Waals surface area contributed by atoms with Gasteiger partial charge < -0.3 is 20.1 Å². The Morgan fingerprint density at radius 3 is 2.14 bits per heavy atom. The van der Waals surface area contributed by atoms with Gasteiger partial charge >= 0.3 is 12.1 Å². The van der Waals surface area contributed by atoms with Gasteiger partial charge in [-0.15, -0.1) is 0 Å². The van der Waals surface area contributed by atoms with E-state index in [0.717, 1.165) is 11.1 Å². The number of methoxy groups -OCH3 is 1. The predicted octanol–water partition coefficient (Wildman–Crippen LogP) is 4.33. The number of hydrogen-bond acceptors (Lipinski definition) is 5. The number of amides is 2. The van der Waals surface area contributed by atoms with E-state index in [2.05, 4.69) is 10.6 Å². The van der Waals surface area contributed by atoms with Crippen molar-refractivity contribution in [3.8, 4) is 0 Å². The van der Waals surface area contributed by atoms with Crippen molar-refractivity contribution in [2.45, 2.75) is 39.3 Å². The largest absolute Gasteiger partial charge is 0.467 e. The van der Waals surface area contributed by atoms with E-state index < -0.39 is 42.3 Å². The molecule has 0 spiro atoms. The van der Waals surface area contributed by atoms with E-state index in [1.807, 2.05) is 74.5 Å². The number of alkyl carbamates (subject to hydrolysis) is 1. The molecule has 2 amide bonds. The van der Waals surface area contributed by atoms with Crippen molar-refractivity contribution in [3.05, 3.63) is 83.7 Å². The van der Waals surface area contributed by atoms with E-state index in [-0.39, 0.29) is 18.9 Å². The summed E-state index contributed by atoms with van der Waals surface area (Å²) in [4.78, 5) is 37.2. The number of carbonyl (C=O) groups excluding carboxylic acids is 3. The third-order valence-corrected chi connectivity index (χ3v) is 5.14. The summed E-state index contributed by atoms with van der Waals surface area (Å²) in [5.41, 5.74) is 1.66. The van der Waals surface area contributed by atoms with Gasteiger partial charge in [0.15, 0.2) is 0 Å². The monoisotopic (exact) mass is 484 g/mol. The summed E-state index contributed by atoms with van der Waals surface area (Å²) in [5.74, 6) is -2.51. The number of benzene rings is 2. The Hall–Kier alpha value is -3.68. The minimum Gasteiger partial charge on any atom is -0.467 e. The lowest BCUT2D eigenvalue weighted by Crippen LogP contribution is -2.45. The molecule has 1 unspecified atom stereocenters. The number of esters is 1. The molecule has 0 aliphatic carbocycles. The van der Waals surface area contributed by atoms with Crippen molar-refractivity contribution in [1.29, 1.82) is 0 Å². The molecule has 2 atom stereocenters. The van der Waals surface area contributed by atoms with Crippen LogP contribution in [-0.4, -0.2) is 37.7 Å². The van der Waals surface area contributed by atoms with Crippen molar-refractivity contribution >= 4 is 18.0 Å². The van der Waals surface area contributed by atoms with Crippen LogP contribution in [0.25, 0.3) is 0 Å². The first-order valence-corrected chi connectivity index (χ1v) is 11.5. The first-order chi connectivity index (χ1) is 16.8. The topological polar surface area (TPSA) is 93.7 Å². The normalized spacial score (nSPS) is 13.0. The molecule has 0 aliphatic heterocycles. The lowest BCUT2D eigenvalue weighted by Gasteiger charge is -2.21. The van der Waals surface area contributed by atoms with Gasteiger partial charge in [0.2, 0.25) is 5.91 Å². The number of halogens is 1. The summed E-state index contributed by atoms with van der Waals surface area (Å²) in [6, 6.07) is 17.4. The third kappa shape index (κ3) is 10.4. The van der Waals surface area contributed by atoms with E-state index in [1.165, 1.54) is 13.2 Å². The second-order valence-corrected chi connectivity index (χ2v) is 8.54. The van der Waals surface area contributed by atoms with Crippen molar-refractivity contribution in [2.75, 3.05) is 13.7 Å². The minimum atomic E-state index is -0.910. The lowest BCUT2D eigenvalue weighted by molar-refractivity contribution is -0.145. The second kappa shape index (κ2) is 14.6. The Bertz CT molecular complexity index is 980. The van der Waals surface area contributed by atoms with Gasteiger partial charge in [-0.1, -0.05) is 74.5 Å². The van der Waals surface area contributed by atoms with Crippen LogP contribution in [0.1, 0.15) is 31.4 Å². The fourth-order valence-electron chi connectivity index (χ4n) is 3.43. The molecule has 0 aromatic heterocycles. The lowest BCUT2D eigenvalue weighted by atomic mass is 9.94. The standard InChI is InChI=1S/C27H33FN2O5/c1-19(2)14-22(16-23(28)17-29-27(33)35-18-21-12-8-5-9-13-21)25(31)30-24(26(32)34-3)15-20-10-6-4-7-11-20/h4-13,16,19,22,24H,14-15,17-18H2,1-3H3,(H,29,33)(H,30,31)/b23-16-/t22-,24?/m1/s1. The zero-order valence-electron chi connectivity index (χ0n) is 20.3. The minimum absolute atomic E-state index is 0.0622. The number of rotatable bonds is 12. The molecule has 0 saturated heterocycles. The Labute approximate surface area is 205 Å². The molecule has 0 saturated carbocycles. The number of nitrogens with one attached hydrogen (secondary N) is 2. The van der Waals surface area contributed by atoms with Crippen LogP contribution in [0.5, 0.6) is 0 Å². The fourth-order valence-corrected chi connectivity index (χ4v) is 3.43. The molecule has 0 radical (unpaired) electrons. The molecule has 0 heterocycles. The molecule has 2 rings (SSSR count). The third-order valence-electron chi connectivity index (χ3n) is 5.14. The molecule has 2 aromatic carbocycles. The van der Waals surface area contributed by atoms with Crippen LogP contribution < -0.4 is 10.6 Å². The van der Waals surface area contributed by atoms with Crippen LogP contribution in [0.4, 0.5) is 9.18 Å². The molecule has 2 aromatic rings. The molecule has 35 heavy (non-hydrogen) atoms. The van der Waals surface area contributed by atoms with Gasteiger partial charge in [-0.05, 0) is 29.5 Å². The molecular formula is C27H33FN2O5. The summed E-state index contributed by atoms with van der Waals surface area (Å²) in [5, 5.41) is 5.03. The molecule has 0 fully saturated rings. The van der Waals surface area contributed by atoms with Gasteiger partial charge in [-0.25, -0.2) is 14.0 Å². The summed E-state index contributed by atoms with van der Waals surface area (Å²) < 4.78 is 24.5. The van der Waals surface area contributed by atoms with Crippen LogP contribution in [-0.2, 0) is 32.1 Å². The van der Waals surface area contributed by atoms with Gasteiger partial charge in [0.25, 0.3) is 0 Å². The first-order valence-electron chi connectivity index (χ1n) is 11.5. The van der Waals surface area contributed by atoms with E-state index in [0.29, 0.717) is 6.42 Å². The van der Waals surface area contributed by atoms with Crippen LogP contribution in [0.2, 0.25) is 0 Å². The van der Waals surface area contributed by atoms with Crippen molar-refractivity contribution in [1.82, 2.24) is 10.6 Å². The molecule has 0 bridgehead atoms. The Kier molecular flexibility index (Phi) is 11.5. The molecule has 188 valence electrons. The van der Waals surface area contributed by atoms with Gasteiger partial charge in [0, 0.05) is 6.42 Å². The highest BCUT2D eigenvalue weighted by atomic mass is 19.1. The van der Waals surface area contributed by atoms with Crippen LogP contribution in [0.15, 0.2) is 72.6 Å². The number of ether oxygens (including phenoxy) is 2. The SMILES string of the molecule is COC(=O)C(Cc1ccccc1)NC(=O)[C@@H](/C=C(\F)CNC(=O)OCc1ccccc1)CC(C)C. The van der Waals surface area contributed by atoms with E-state index in [4.69, 9.17) is 9.47 Å². The molecule has 8 heteroatoms. The Balaban J connectivity index is 1.98. The van der Waals surface area contributed by atoms with Crippen LogP contribution in [0, 0.1) is 11.8 Å². The summed E-state index contributed by atoms with van der Waals surface area (Å²) in [7, 11) is 1.25. The average molecular weight is 485 g/mol. The second-order valence-electron chi connectivity index (χ2n) is 8.54. The predicted molar refractivity (Wildman–Crippen MR) is 131 cm³/mol. The zero-order chi connectivity index (χ0) is 25.6. The van der Waals surface area contributed by atoms with Crippen molar-refractivity contribution < 1.29 is 28.2 Å². The average Bonchev–Trinajstić information content (AvgIpc) is 2.85. The highest BCUT2D eigenvalue weighted by molar-refractivity contribution is 5.87. The van der Waals surface area contributed by atoms with E-state index in [1.54, 1.807) is 0 Å². The first kappa shape index (κ1) is 27.6. The number of hydrogen-bond donors (Lipinski definition) is 2.